The zero-order valence-electron chi connectivity index (χ0n) is 12.9. The predicted octanol–water partition coefficient (Wildman–Crippen LogP) is 2.98. The van der Waals surface area contributed by atoms with Crippen molar-refractivity contribution in [3.63, 3.8) is 0 Å². The monoisotopic (exact) mass is 306 g/mol. The van der Waals surface area contributed by atoms with Gasteiger partial charge in [-0.3, -0.25) is 9.59 Å². The van der Waals surface area contributed by atoms with Crippen LogP contribution < -0.4 is 5.73 Å². The predicted molar refractivity (Wildman–Crippen MR) is 87.6 cm³/mol. The van der Waals surface area contributed by atoms with Crippen molar-refractivity contribution < 1.29 is 9.59 Å². The van der Waals surface area contributed by atoms with Crippen molar-refractivity contribution in [2.75, 3.05) is 0 Å². The Labute approximate surface area is 135 Å². The summed E-state index contributed by atoms with van der Waals surface area (Å²) in [6, 6.07) is 18.3. The molecule has 2 aromatic rings. The number of hydrogen-bond acceptors (Lipinski definition) is 3. The third-order valence-corrected chi connectivity index (χ3v) is 3.85. The van der Waals surface area contributed by atoms with Gasteiger partial charge in [0.25, 0.3) is 0 Å². The van der Waals surface area contributed by atoms with Crippen molar-refractivity contribution in [3.8, 4) is 6.07 Å². The fraction of sp³-hybridized carbons (Fsp3) is 0.211. The van der Waals surface area contributed by atoms with E-state index in [0.29, 0.717) is 5.56 Å². The molecule has 2 rings (SSSR count). The molecule has 2 atom stereocenters. The van der Waals surface area contributed by atoms with Crippen LogP contribution in [0.15, 0.2) is 54.6 Å². The molecule has 1 amide bonds. The summed E-state index contributed by atoms with van der Waals surface area (Å²) in [5.74, 6) is -2.40. The summed E-state index contributed by atoms with van der Waals surface area (Å²) >= 11 is 0. The standard InChI is InChI=1S/C19H18N2O2/c1-13-7-9-15(10-8-13)18(22)11-16(17(12-20)19(21)23)14-5-3-2-4-6-14/h2-10,16-17H,11H2,1H3,(H2,21,23). The van der Waals surface area contributed by atoms with Crippen molar-refractivity contribution in [3.05, 3.63) is 71.3 Å². The number of benzene rings is 2. The molecule has 23 heavy (non-hydrogen) atoms. The number of aryl methyl sites for hydroxylation is 1. The highest BCUT2D eigenvalue weighted by Gasteiger charge is 2.30. The molecule has 0 radical (unpaired) electrons. The van der Waals surface area contributed by atoms with Gasteiger partial charge in [-0.2, -0.15) is 5.26 Å². The van der Waals surface area contributed by atoms with E-state index >= 15 is 0 Å². The van der Waals surface area contributed by atoms with Gasteiger partial charge in [-0.1, -0.05) is 60.2 Å². The normalized spacial score (nSPS) is 12.9. The van der Waals surface area contributed by atoms with Crippen LogP contribution in [0.2, 0.25) is 0 Å². The number of carbonyl (C=O) groups excluding carboxylic acids is 2. The molecular weight excluding hydrogens is 288 g/mol. The summed E-state index contributed by atoms with van der Waals surface area (Å²) < 4.78 is 0. The molecule has 0 saturated carbocycles. The second-order valence-electron chi connectivity index (χ2n) is 5.52. The Morgan fingerprint density at radius 2 is 1.70 bits per heavy atom. The van der Waals surface area contributed by atoms with Gasteiger partial charge in [0.1, 0.15) is 5.92 Å². The number of rotatable bonds is 6. The van der Waals surface area contributed by atoms with Crippen molar-refractivity contribution in [1.29, 1.82) is 5.26 Å². The Balaban J connectivity index is 2.31. The summed E-state index contributed by atoms with van der Waals surface area (Å²) in [5.41, 5.74) is 7.74. The zero-order valence-corrected chi connectivity index (χ0v) is 12.9. The average Bonchev–Trinajstić information content (AvgIpc) is 2.55. The highest BCUT2D eigenvalue weighted by atomic mass is 16.1. The van der Waals surface area contributed by atoms with Gasteiger partial charge in [0, 0.05) is 17.9 Å². The SMILES string of the molecule is Cc1ccc(C(=O)CC(c2ccccc2)C(C#N)C(N)=O)cc1. The molecule has 0 fully saturated rings. The Kier molecular flexibility index (Phi) is 5.27. The number of nitrogens with two attached hydrogens (primary N) is 1. The van der Waals surface area contributed by atoms with Crippen LogP contribution in [0.3, 0.4) is 0 Å². The summed E-state index contributed by atoms with van der Waals surface area (Å²) in [6.45, 7) is 1.94. The third-order valence-electron chi connectivity index (χ3n) is 3.85. The van der Waals surface area contributed by atoms with E-state index in [9.17, 15) is 14.9 Å². The molecule has 0 aliphatic heterocycles. The van der Waals surface area contributed by atoms with Gasteiger partial charge in [-0.25, -0.2) is 0 Å². The van der Waals surface area contributed by atoms with Crippen molar-refractivity contribution in [1.82, 2.24) is 0 Å². The van der Waals surface area contributed by atoms with E-state index in [4.69, 9.17) is 5.73 Å². The summed E-state index contributed by atoms with van der Waals surface area (Å²) in [5, 5.41) is 9.29. The largest absolute Gasteiger partial charge is 0.369 e. The molecule has 0 aliphatic carbocycles. The fourth-order valence-corrected chi connectivity index (χ4v) is 2.54. The number of carbonyl (C=O) groups is 2. The number of nitrogens with zero attached hydrogens (tertiary/aromatic N) is 1. The van der Waals surface area contributed by atoms with Crippen molar-refractivity contribution in [2.24, 2.45) is 11.7 Å². The van der Waals surface area contributed by atoms with E-state index in [1.54, 1.807) is 24.3 Å². The Morgan fingerprint density at radius 3 is 2.22 bits per heavy atom. The van der Waals surface area contributed by atoms with Gasteiger partial charge in [0.15, 0.2) is 5.78 Å². The summed E-state index contributed by atoms with van der Waals surface area (Å²) in [7, 11) is 0. The lowest BCUT2D eigenvalue weighted by Gasteiger charge is -2.19. The molecule has 2 N–H and O–H groups in total. The van der Waals surface area contributed by atoms with E-state index in [1.165, 1.54) is 0 Å². The second-order valence-corrected chi connectivity index (χ2v) is 5.52. The molecule has 2 aromatic carbocycles. The van der Waals surface area contributed by atoms with Crippen LogP contribution in [0, 0.1) is 24.2 Å². The average molecular weight is 306 g/mol. The molecule has 0 aromatic heterocycles. The number of ketones is 1. The lowest BCUT2D eigenvalue weighted by molar-refractivity contribution is -0.120. The second kappa shape index (κ2) is 7.37. The molecular formula is C19H18N2O2. The molecule has 116 valence electrons. The van der Waals surface area contributed by atoms with Crippen LogP contribution in [0.5, 0.6) is 0 Å². The molecule has 0 heterocycles. The number of nitriles is 1. The zero-order chi connectivity index (χ0) is 16.8. The quantitative estimate of drug-likeness (QED) is 0.833. The van der Waals surface area contributed by atoms with Crippen LogP contribution in [0.1, 0.15) is 33.8 Å². The first-order valence-electron chi connectivity index (χ1n) is 7.36. The molecule has 2 unspecified atom stereocenters. The number of amides is 1. The van der Waals surface area contributed by atoms with Gasteiger partial charge >= 0.3 is 0 Å². The Bertz CT molecular complexity index is 730. The first-order valence-corrected chi connectivity index (χ1v) is 7.36. The minimum absolute atomic E-state index is 0.0637. The topological polar surface area (TPSA) is 83.9 Å². The first-order chi connectivity index (χ1) is 11.0. The molecule has 0 saturated heterocycles. The maximum absolute atomic E-state index is 12.5. The van der Waals surface area contributed by atoms with Gasteiger partial charge < -0.3 is 5.73 Å². The maximum atomic E-state index is 12.5. The third kappa shape index (κ3) is 4.04. The summed E-state index contributed by atoms with van der Waals surface area (Å²) in [4.78, 5) is 24.1. The Hall–Kier alpha value is -2.93. The highest BCUT2D eigenvalue weighted by molar-refractivity contribution is 5.97. The van der Waals surface area contributed by atoms with Crippen LogP contribution >= 0.6 is 0 Å². The highest BCUT2D eigenvalue weighted by Crippen LogP contribution is 2.29. The van der Waals surface area contributed by atoms with E-state index in [0.717, 1.165) is 11.1 Å². The van der Waals surface area contributed by atoms with E-state index in [1.807, 2.05) is 43.3 Å². The molecule has 0 aliphatic rings. The van der Waals surface area contributed by atoms with E-state index in [2.05, 4.69) is 0 Å². The molecule has 4 heteroatoms. The maximum Gasteiger partial charge on any atom is 0.235 e. The van der Waals surface area contributed by atoms with Crippen LogP contribution in [0.25, 0.3) is 0 Å². The van der Waals surface area contributed by atoms with Crippen molar-refractivity contribution >= 4 is 11.7 Å². The fourth-order valence-electron chi connectivity index (χ4n) is 2.54. The minimum atomic E-state index is -1.04. The van der Waals surface area contributed by atoms with E-state index < -0.39 is 17.7 Å². The number of hydrogen-bond donors (Lipinski definition) is 1. The molecule has 0 spiro atoms. The number of primary amides is 1. The Morgan fingerprint density at radius 1 is 1.09 bits per heavy atom. The minimum Gasteiger partial charge on any atom is -0.369 e. The summed E-state index contributed by atoms with van der Waals surface area (Å²) in [6.07, 6.45) is 0.0637. The van der Waals surface area contributed by atoms with Gasteiger partial charge in [0.05, 0.1) is 6.07 Å². The van der Waals surface area contributed by atoms with Crippen LogP contribution in [-0.4, -0.2) is 11.7 Å². The smallest absolute Gasteiger partial charge is 0.235 e. The van der Waals surface area contributed by atoms with Crippen LogP contribution in [-0.2, 0) is 4.79 Å². The number of Topliss-reactive ketones (excluding diaryl/α,β-unsaturated/α-hetero) is 1. The van der Waals surface area contributed by atoms with E-state index in [-0.39, 0.29) is 12.2 Å². The lowest BCUT2D eigenvalue weighted by atomic mass is 9.81. The lowest BCUT2D eigenvalue weighted by Crippen LogP contribution is -2.29. The molecule has 4 nitrogen and oxygen atoms in total. The van der Waals surface area contributed by atoms with Gasteiger partial charge in [-0.05, 0) is 12.5 Å². The van der Waals surface area contributed by atoms with Gasteiger partial charge in [-0.15, -0.1) is 0 Å². The van der Waals surface area contributed by atoms with Crippen LogP contribution in [0.4, 0.5) is 0 Å². The van der Waals surface area contributed by atoms with Crippen molar-refractivity contribution in [2.45, 2.75) is 19.3 Å². The molecule has 0 bridgehead atoms. The van der Waals surface area contributed by atoms with Gasteiger partial charge in [0.2, 0.25) is 5.91 Å². The first kappa shape index (κ1) is 16.4.